The number of sulfonamides is 1. The molecule has 0 spiro atoms. The highest BCUT2D eigenvalue weighted by Crippen LogP contribution is 2.30. The Morgan fingerprint density at radius 2 is 1.93 bits per heavy atom. The molecule has 0 radical (unpaired) electrons. The minimum Gasteiger partial charge on any atom is -0.382 e. The molecule has 0 aromatic heterocycles. The summed E-state index contributed by atoms with van der Waals surface area (Å²) in [6.45, 7) is 5.79. The van der Waals surface area contributed by atoms with E-state index in [1.54, 1.807) is 12.0 Å². The SMILES string of the molecule is COCCOC1CN(C(=O)c2cc(S(=O)(=O)NCC(C)C)c(Cl)cc2Cl)C1. The Kier molecular flexibility index (Phi) is 7.91. The number of benzene rings is 1. The first-order valence-corrected chi connectivity index (χ1v) is 10.8. The first-order valence-electron chi connectivity index (χ1n) is 8.54. The number of methoxy groups -OCH3 is 1. The molecule has 0 unspecified atom stereocenters. The van der Waals surface area contributed by atoms with E-state index in [2.05, 4.69) is 4.72 Å². The van der Waals surface area contributed by atoms with Crippen LogP contribution in [0.25, 0.3) is 0 Å². The van der Waals surface area contributed by atoms with E-state index in [0.717, 1.165) is 0 Å². The quantitative estimate of drug-likeness (QED) is 0.598. The number of carbonyl (C=O) groups is 1. The standard InChI is InChI=1S/C17H24Cl2N2O5S/c1-11(2)8-20-27(23,24)16-6-13(14(18)7-15(16)19)17(22)21-9-12(10-21)26-5-4-25-3/h6-7,11-12,20H,4-5,8-10H2,1-3H3. The number of carbonyl (C=O) groups excluding carboxylic acids is 1. The zero-order chi connectivity index (χ0) is 20.2. The van der Waals surface area contributed by atoms with E-state index in [0.29, 0.717) is 26.3 Å². The fraction of sp³-hybridized carbons (Fsp3) is 0.588. The van der Waals surface area contributed by atoms with Crippen molar-refractivity contribution >= 4 is 39.1 Å². The highest BCUT2D eigenvalue weighted by Gasteiger charge is 2.33. The molecule has 1 aliphatic heterocycles. The van der Waals surface area contributed by atoms with E-state index >= 15 is 0 Å². The molecule has 1 amide bonds. The summed E-state index contributed by atoms with van der Waals surface area (Å²) >= 11 is 12.2. The highest BCUT2D eigenvalue weighted by molar-refractivity contribution is 7.89. The molecular weight excluding hydrogens is 415 g/mol. The number of nitrogens with zero attached hydrogens (tertiary/aromatic N) is 1. The summed E-state index contributed by atoms with van der Waals surface area (Å²) in [6, 6.07) is 2.52. The number of rotatable bonds is 9. The summed E-state index contributed by atoms with van der Waals surface area (Å²) in [4.78, 5) is 14.1. The maximum Gasteiger partial charge on any atom is 0.255 e. The van der Waals surface area contributed by atoms with Gasteiger partial charge in [0.15, 0.2) is 0 Å². The van der Waals surface area contributed by atoms with Gasteiger partial charge < -0.3 is 14.4 Å². The van der Waals surface area contributed by atoms with Crippen LogP contribution >= 0.6 is 23.2 Å². The van der Waals surface area contributed by atoms with Crippen LogP contribution in [-0.2, 0) is 19.5 Å². The van der Waals surface area contributed by atoms with Crippen molar-refractivity contribution in [2.24, 2.45) is 5.92 Å². The maximum atomic E-state index is 12.7. The van der Waals surface area contributed by atoms with Crippen LogP contribution in [0, 0.1) is 5.92 Å². The Balaban J connectivity index is 2.13. The average molecular weight is 439 g/mol. The Morgan fingerprint density at radius 3 is 2.52 bits per heavy atom. The summed E-state index contributed by atoms with van der Waals surface area (Å²) in [7, 11) is -2.26. The Bertz CT molecular complexity index is 780. The summed E-state index contributed by atoms with van der Waals surface area (Å²) in [5, 5.41) is 0.0775. The van der Waals surface area contributed by atoms with Crippen molar-refractivity contribution in [1.29, 1.82) is 0 Å². The van der Waals surface area contributed by atoms with Crippen LogP contribution in [0.1, 0.15) is 24.2 Å². The summed E-state index contributed by atoms with van der Waals surface area (Å²) in [5.41, 5.74) is 0.0985. The number of nitrogens with one attached hydrogen (secondary N) is 1. The van der Waals surface area contributed by atoms with Crippen LogP contribution in [0.4, 0.5) is 0 Å². The van der Waals surface area contributed by atoms with Gasteiger partial charge in [-0.1, -0.05) is 37.0 Å². The van der Waals surface area contributed by atoms with Gasteiger partial charge >= 0.3 is 0 Å². The first-order chi connectivity index (χ1) is 12.7. The molecule has 0 saturated carbocycles. The highest BCUT2D eigenvalue weighted by atomic mass is 35.5. The Labute approximate surface area is 170 Å². The predicted octanol–water partition coefficient (Wildman–Crippen LogP) is 2.42. The molecule has 1 saturated heterocycles. The average Bonchev–Trinajstić information content (AvgIpc) is 2.54. The first kappa shape index (κ1) is 22.4. The third-order valence-electron chi connectivity index (χ3n) is 4.00. The lowest BCUT2D eigenvalue weighted by Crippen LogP contribution is -2.55. The van der Waals surface area contributed by atoms with Gasteiger partial charge in [-0.05, 0) is 18.1 Å². The largest absolute Gasteiger partial charge is 0.382 e. The van der Waals surface area contributed by atoms with Gasteiger partial charge in [0.2, 0.25) is 10.0 Å². The van der Waals surface area contributed by atoms with Gasteiger partial charge in [0, 0.05) is 26.7 Å². The second-order valence-corrected chi connectivity index (χ2v) is 9.25. The molecule has 27 heavy (non-hydrogen) atoms. The van der Waals surface area contributed by atoms with Crippen LogP contribution in [0.15, 0.2) is 17.0 Å². The number of amides is 1. The number of ether oxygens (including phenoxy) is 2. The van der Waals surface area contributed by atoms with Crippen molar-refractivity contribution in [3.63, 3.8) is 0 Å². The molecule has 152 valence electrons. The minimum atomic E-state index is -3.85. The van der Waals surface area contributed by atoms with Gasteiger partial charge in [-0.3, -0.25) is 4.79 Å². The van der Waals surface area contributed by atoms with E-state index in [-0.39, 0.29) is 45.0 Å². The number of hydrogen-bond acceptors (Lipinski definition) is 5. The number of hydrogen-bond donors (Lipinski definition) is 1. The normalized spacial score (nSPS) is 15.3. The molecule has 1 aliphatic rings. The van der Waals surface area contributed by atoms with Crippen molar-refractivity contribution in [3.05, 3.63) is 27.7 Å². The second kappa shape index (κ2) is 9.54. The van der Waals surface area contributed by atoms with E-state index < -0.39 is 10.0 Å². The molecule has 1 N–H and O–H groups in total. The van der Waals surface area contributed by atoms with E-state index in [1.165, 1.54) is 12.1 Å². The number of likely N-dealkylation sites (tertiary alicyclic amines) is 1. The van der Waals surface area contributed by atoms with Crippen molar-refractivity contribution < 1.29 is 22.7 Å². The van der Waals surface area contributed by atoms with Crippen molar-refractivity contribution in [2.75, 3.05) is 40.0 Å². The lowest BCUT2D eigenvalue weighted by molar-refractivity contribution is -0.0554. The summed E-state index contributed by atoms with van der Waals surface area (Å²) in [5.74, 6) is -0.230. The third kappa shape index (κ3) is 5.79. The topological polar surface area (TPSA) is 84.9 Å². The lowest BCUT2D eigenvalue weighted by Gasteiger charge is -2.39. The molecule has 0 aliphatic carbocycles. The van der Waals surface area contributed by atoms with E-state index in [1.807, 2.05) is 13.8 Å². The Hall–Kier alpha value is -0.900. The van der Waals surface area contributed by atoms with E-state index in [4.69, 9.17) is 32.7 Å². The van der Waals surface area contributed by atoms with Crippen LogP contribution in [-0.4, -0.2) is 65.3 Å². The zero-order valence-electron chi connectivity index (χ0n) is 15.5. The van der Waals surface area contributed by atoms with Gasteiger partial charge in [-0.25, -0.2) is 13.1 Å². The second-order valence-electron chi connectivity index (χ2n) is 6.70. The van der Waals surface area contributed by atoms with Gasteiger partial charge in [-0.15, -0.1) is 0 Å². The predicted molar refractivity (Wildman–Crippen MR) is 104 cm³/mol. The van der Waals surface area contributed by atoms with Gasteiger partial charge in [0.1, 0.15) is 4.90 Å². The van der Waals surface area contributed by atoms with Crippen molar-refractivity contribution in [1.82, 2.24) is 9.62 Å². The minimum absolute atomic E-state index is 0.0304. The van der Waals surface area contributed by atoms with Crippen molar-refractivity contribution in [2.45, 2.75) is 24.8 Å². The molecule has 1 fully saturated rings. The van der Waals surface area contributed by atoms with Gasteiger partial charge in [0.05, 0.1) is 34.9 Å². The lowest BCUT2D eigenvalue weighted by atomic mass is 10.1. The van der Waals surface area contributed by atoms with Crippen molar-refractivity contribution in [3.8, 4) is 0 Å². The van der Waals surface area contributed by atoms with Gasteiger partial charge in [0.25, 0.3) is 5.91 Å². The van der Waals surface area contributed by atoms with Crippen LogP contribution in [0.5, 0.6) is 0 Å². The molecular formula is C17H24Cl2N2O5S. The zero-order valence-corrected chi connectivity index (χ0v) is 17.8. The van der Waals surface area contributed by atoms with Crippen LogP contribution in [0.2, 0.25) is 10.0 Å². The fourth-order valence-corrected chi connectivity index (χ4v) is 4.50. The molecule has 10 heteroatoms. The fourth-order valence-electron chi connectivity index (χ4n) is 2.43. The molecule has 1 aromatic rings. The molecule has 0 bridgehead atoms. The van der Waals surface area contributed by atoms with Crippen LogP contribution in [0.3, 0.4) is 0 Å². The molecule has 2 rings (SSSR count). The summed E-state index contributed by atoms with van der Waals surface area (Å²) in [6.07, 6.45) is -0.0638. The maximum absolute atomic E-state index is 12.7. The van der Waals surface area contributed by atoms with Gasteiger partial charge in [-0.2, -0.15) is 0 Å². The van der Waals surface area contributed by atoms with E-state index in [9.17, 15) is 13.2 Å². The Morgan fingerprint density at radius 1 is 1.26 bits per heavy atom. The third-order valence-corrected chi connectivity index (χ3v) is 6.20. The smallest absolute Gasteiger partial charge is 0.255 e. The molecule has 1 heterocycles. The monoisotopic (exact) mass is 438 g/mol. The number of halogens is 2. The molecule has 1 aromatic carbocycles. The summed E-state index contributed by atoms with van der Waals surface area (Å²) < 4.78 is 37.9. The molecule has 0 atom stereocenters. The molecule has 7 nitrogen and oxygen atoms in total. The van der Waals surface area contributed by atoms with Crippen LogP contribution < -0.4 is 4.72 Å².